The first-order chi connectivity index (χ1) is 9.71. The predicted molar refractivity (Wildman–Crippen MR) is 79.0 cm³/mol. The molecule has 0 aliphatic rings. The van der Waals surface area contributed by atoms with E-state index in [1.54, 1.807) is 51.1 Å². The van der Waals surface area contributed by atoms with Crippen LogP contribution < -0.4 is 16.4 Å². The second-order valence-electron chi connectivity index (χ2n) is 5.75. The molecule has 4 N–H and O–H groups in total. The standard InChI is InChI=1S/C15H21N3O3/c1-15(2,3)14(21)17-9-11(19)18-12(13(16)20)10-7-5-4-6-8-10/h4-8,12H,9H2,1-3H3,(H2,16,20)(H,17,21)(H,18,19). The first-order valence-electron chi connectivity index (χ1n) is 6.63. The highest BCUT2D eigenvalue weighted by atomic mass is 16.2. The molecule has 6 nitrogen and oxygen atoms in total. The average molecular weight is 291 g/mol. The summed E-state index contributed by atoms with van der Waals surface area (Å²) >= 11 is 0. The van der Waals surface area contributed by atoms with Crippen LogP contribution in [0.4, 0.5) is 0 Å². The van der Waals surface area contributed by atoms with Gasteiger partial charge < -0.3 is 16.4 Å². The van der Waals surface area contributed by atoms with Gasteiger partial charge in [-0.3, -0.25) is 14.4 Å². The molecule has 0 aliphatic heterocycles. The Morgan fingerprint density at radius 2 is 1.71 bits per heavy atom. The summed E-state index contributed by atoms with van der Waals surface area (Å²) in [7, 11) is 0. The van der Waals surface area contributed by atoms with Crippen LogP contribution in [0.2, 0.25) is 0 Å². The van der Waals surface area contributed by atoms with Crippen LogP contribution in [0.15, 0.2) is 30.3 Å². The second-order valence-corrected chi connectivity index (χ2v) is 5.75. The number of rotatable bonds is 5. The highest BCUT2D eigenvalue weighted by Gasteiger charge is 2.23. The molecule has 1 rings (SSSR count). The van der Waals surface area contributed by atoms with Crippen molar-refractivity contribution in [3.63, 3.8) is 0 Å². The molecule has 0 aromatic heterocycles. The first-order valence-corrected chi connectivity index (χ1v) is 6.63. The zero-order valence-corrected chi connectivity index (χ0v) is 12.5. The summed E-state index contributed by atoms with van der Waals surface area (Å²) in [6.07, 6.45) is 0. The van der Waals surface area contributed by atoms with Gasteiger partial charge in [0.25, 0.3) is 0 Å². The van der Waals surface area contributed by atoms with Gasteiger partial charge in [-0.05, 0) is 5.56 Å². The molecule has 6 heteroatoms. The highest BCUT2D eigenvalue weighted by molar-refractivity contribution is 5.91. The zero-order chi connectivity index (χ0) is 16.0. The number of carbonyl (C=O) groups excluding carboxylic acids is 3. The maximum Gasteiger partial charge on any atom is 0.244 e. The number of amides is 3. The van der Waals surface area contributed by atoms with E-state index in [2.05, 4.69) is 10.6 Å². The van der Waals surface area contributed by atoms with Crippen LogP contribution >= 0.6 is 0 Å². The largest absolute Gasteiger partial charge is 0.368 e. The molecule has 0 aliphatic carbocycles. The minimum absolute atomic E-state index is 0.202. The molecule has 0 fully saturated rings. The van der Waals surface area contributed by atoms with E-state index in [-0.39, 0.29) is 12.5 Å². The van der Waals surface area contributed by atoms with E-state index in [9.17, 15) is 14.4 Å². The number of nitrogens with two attached hydrogens (primary N) is 1. The molecule has 1 unspecified atom stereocenters. The van der Waals surface area contributed by atoms with Gasteiger partial charge in [-0.2, -0.15) is 0 Å². The van der Waals surface area contributed by atoms with Gasteiger partial charge in [0.05, 0.1) is 6.54 Å². The summed E-state index contributed by atoms with van der Waals surface area (Å²) in [6, 6.07) is 7.78. The lowest BCUT2D eigenvalue weighted by Gasteiger charge is -2.19. The summed E-state index contributed by atoms with van der Waals surface area (Å²) in [5.74, 6) is -1.37. The maximum atomic E-state index is 11.8. The number of hydrogen-bond donors (Lipinski definition) is 3. The number of hydrogen-bond acceptors (Lipinski definition) is 3. The van der Waals surface area contributed by atoms with E-state index in [0.717, 1.165) is 0 Å². The quantitative estimate of drug-likeness (QED) is 0.736. The van der Waals surface area contributed by atoms with Crippen LogP contribution in [0.5, 0.6) is 0 Å². The number of carbonyl (C=O) groups is 3. The maximum absolute atomic E-state index is 11.8. The van der Waals surface area contributed by atoms with Gasteiger partial charge in [-0.25, -0.2) is 0 Å². The molecule has 0 radical (unpaired) electrons. The van der Waals surface area contributed by atoms with Crippen molar-refractivity contribution >= 4 is 17.7 Å². The molecule has 1 atom stereocenters. The second kappa shape index (κ2) is 6.88. The lowest BCUT2D eigenvalue weighted by Crippen LogP contribution is -2.45. The highest BCUT2D eigenvalue weighted by Crippen LogP contribution is 2.13. The Labute approximate surface area is 124 Å². The fourth-order valence-electron chi connectivity index (χ4n) is 1.60. The van der Waals surface area contributed by atoms with Crippen LogP contribution in [0.1, 0.15) is 32.4 Å². The Bertz CT molecular complexity index is 521. The fourth-order valence-corrected chi connectivity index (χ4v) is 1.60. The first kappa shape index (κ1) is 16.7. The molecule has 0 spiro atoms. The van der Waals surface area contributed by atoms with Crippen molar-refractivity contribution < 1.29 is 14.4 Å². The summed E-state index contributed by atoms with van der Waals surface area (Å²) in [5, 5.41) is 5.03. The topological polar surface area (TPSA) is 101 Å². The average Bonchev–Trinajstić information content (AvgIpc) is 2.41. The van der Waals surface area contributed by atoms with Crippen molar-refractivity contribution in [3.05, 3.63) is 35.9 Å². The minimum atomic E-state index is -0.912. The van der Waals surface area contributed by atoms with Crippen LogP contribution in [0, 0.1) is 5.41 Å². The third-order valence-electron chi connectivity index (χ3n) is 2.81. The minimum Gasteiger partial charge on any atom is -0.368 e. The predicted octanol–water partition coefficient (Wildman–Crippen LogP) is 0.492. The van der Waals surface area contributed by atoms with Crippen LogP contribution in [0.3, 0.4) is 0 Å². The smallest absolute Gasteiger partial charge is 0.244 e. The molecule has 0 saturated heterocycles. The van der Waals surface area contributed by atoms with Crippen molar-refractivity contribution in [3.8, 4) is 0 Å². The Morgan fingerprint density at radius 1 is 1.14 bits per heavy atom. The summed E-state index contributed by atoms with van der Waals surface area (Å²) in [5.41, 5.74) is 5.32. The molecule has 21 heavy (non-hydrogen) atoms. The molecule has 0 heterocycles. The molecule has 0 saturated carbocycles. The molecule has 114 valence electrons. The summed E-state index contributed by atoms with van der Waals surface area (Å²) in [4.78, 5) is 35.0. The van der Waals surface area contributed by atoms with Crippen molar-refractivity contribution in [1.82, 2.24) is 10.6 Å². The van der Waals surface area contributed by atoms with E-state index >= 15 is 0 Å². The lowest BCUT2D eigenvalue weighted by molar-refractivity contribution is -0.132. The van der Waals surface area contributed by atoms with E-state index in [1.807, 2.05) is 0 Å². The van der Waals surface area contributed by atoms with E-state index < -0.39 is 23.3 Å². The van der Waals surface area contributed by atoms with Gasteiger partial charge in [0, 0.05) is 5.41 Å². The molecule has 3 amide bonds. The van der Waals surface area contributed by atoms with Crippen molar-refractivity contribution in [2.45, 2.75) is 26.8 Å². The van der Waals surface area contributed by atoms with Gasteiger partial charge in [-0.1, -0.05) is 51.1 Å². The van der Waals surface area contributed by atoms with Gasteiger partial charge in [0.15, 0.2) is 0 Å². The Kier molecular flexibility index (Phi) is 5.46. The zero-order valence-electron chi connectivity index (χ0n) is 12.5. The molecular formula is C15H21N3O3. The van der Waals surface area contributed by atoms with Gasteiger partial charge in [0.2, 0.25) is 17.7 Å². The van der Waals surface area contributed by atoms with Crippen LogP contribution in [0.25, 0.3) is 0 Å². The van der Waals surface area contributed by atoms with Crippen molar-refractivity contribution in [2.75, 3.05) is 6.54 Å². The monoisotopic (exact) mass is 291 g/mol. The summed E-state index contributed by atoms with van der Waals surface area (Å²) < 4.78 is 0. The molecular weight excluding hydrogens is 270 g/mol. The van der Waals surface area contributed by atoms with Crippen molar-refractivity contribution in [1.29, 1.82) is 0 Å². The molecule has 1 aromatic carbocycles. The normalized spacial score (nSPS) is 12.3. The van der Waals surface area contributed by atoms with Crippen molar-refractivity contribution in [2.24, 2.45) is 11.1 Å². The Balaban J connectivity index is 2.63. The SMILES string of the molecule is CC(C)(C)C(=O)NCC(=O)NC(C(N)=O)c1ccccc1. The Morgan fingerprint density at radius 3 is 2.19 bits per heavy atom. The van der Waals surface area contributed by atoms with E-state index in [0.29, 0.717) is 5.56 Å². The number of benzene rings is 1. The third-order valence-corrected chi connectivity index (χ3v) is 2.81. The number of nitrogens with one attached hydrogen (secondary N) is 2. The van der Waals surface area contributed by atoms with Gasteiger partial charge >= 0.3 is 0 Å². The fraction of sp³-hybridized carbons (Fsp3) is 0.400. The number of primary amides is 1. The molecule has 1 aromatic rings. The van der Waals surface area contributed by atoms with E-state index in [4.69, 9.17) is 5.73 Å². The Hall–Kier alpha value is -2.37. The van der Waals surface area contributed by atoms with Crippen LogP contribution in [-0.4, -0.2) is 24.3 Å². The van der Waals surface area contributed by atoms with Gasteiger partial charge in [-0.15, -0.1) is 0 Å². The molecule has 0 bridgehead atoms. The third kappa shape index (κ3) is 5.25. The summed E-state index contributed by atoms with van der Waals surface area (Å²) in [6.45, 7) is 5.04. The van der Waals surface area contributed by atoms with Gasteiger partial charge in [0.1, 0.15) is 6.04 Å². The lowest BCUT2D eigenvalue weighted by atomic mass is 9.96. The van der Waals surface area contributed by atoms with Crippen LogP contribution in [-0.2, 0) is 14.4 Å². The van der Waals surface area contributed by atoms with E-state index in [1.165, 1.54) is 0 Å².